The maximum atomic E-state index is 12.1. The van der Waals surface area contributed by atoms with Gasteiger partial charge in [0.05, 0.1) is 19.9 Å². The first kappa shape index (κ1) is 19.6. The third-order valence-electron chi connectivity index (χ3n) is 3.84. The molecule has 0 aliphatic heterocycles. The molecule has 0 aliphatic rings. The maximum Gasteiger partial charge on any atom is 0.331 e. The standard InChI is InChI=1S/C19H19N3O5S/c1-4-16-21-22-17(23)9-13(20-19(22)28-16)11-27-18(24)8-6-12-5-7-14(25-2)10-15(12)26-3/h5-10H,4,11H2,1-3H3/b8-6+. The van der Waals surface area contributed by atoms with Crippen LogP contribution >= 0.6 is 11.3 Å². The van der Waals surface area contributed by atoms with E-state index in [1.807, 2.05) is 6.92 Å². The van der Waals surface area contributed by atoms with Gasteiger partial charge in [0, 0.05) is 23.8 Å². The Morgan fingerprint density at radius 2 is 2.07 bits per heavy atom. The van der Waals surface area contributed by atoms with Gasteiger partial charge in [0.15, 0.2) is 0 Å². The van der Waals surface area contributed by atoms with Gasteiger partial charge in [-0.3, -0.25) is 4.79 Å². The monoisotopic (exact) mass is 401 g/mol. The molecule has 2 aromatic heterocycles. The second kappa shape index (κ2) is 8.66. The van der Waals surface area contributed by atoms with Crippen LogP contribution in [0.2, 0.25) is 0 Å². The van der Waals surface area contributed by atoms with E-state index in [1.54, 1.807) is 31.4 Å². The van der Waals surface area contributed by atoms with Crippen molar-refractivity contribution in [3.8, 4) is 11.5 Å². The molecule has 0 saturated carbocycles. The number of benzene rings is 1. The van der Waals surface area contributed by atoms with Crippen LogP contribution < -0.4 is 15.0 Å². The molecule has 0 bridgehead atoms. The molecule has 0 radical (unpaired) electrons. The molecule has 3 aromatic rings. The van der Waals surface area contributed by atoms with Crippen LogP contribution in [-0.4, -0.2) is 34.8 Å². The van der Waals surface area contributed by atoms with Gasteiger partial charge in [-0.1, -0.05) is 18.3 Å². The summed E-state index contributed by atoms with van der Waals surface area (Å²) in [6.07, 6.45) is 3.60. The van der Waals surface area contributed by atoms with Crippen LogP contribution in [0.4, 0.5) is 0 Å². The summed E-state index contributed by atoms with van der Waals surface area (Å²) in [5.41, 5.74) is 0.778. The third-order valence-corrected chi connectivity index (χ3v) is 4.90. The van der Waals surface area contributed by atoms with E-state index in [0.717, 1.165) is 11.4 Å². The van der Waals surface area contributed by atoms with Gasteiger partial charge in [0.25, 0.3) is 5.56 Å². The molecular weight excluding hydrogens is 382 g/mol. The van der Waals surface area contributed by atoms with Gasteiger partial charge < -0.3 is 14.2 Å². The number of aryl methyl sites for hydroxylation is 1. The summed E-state index contributed by atoms with van der Waals surface area (Å²) in [4.78, 5) is 28.9. The number of carbonyl (C=O) groups is 1. The molecule has 146 valence electrons. The first-order valence-corrected chi connectivity index (χ1v) is 9.31. The van der Waals surface area contributed by atoms with E-state index in [4.69, 9.17) is 14.2 Å². The highest BCUT2D eigenvalue weighted by Crippen LogP contribution is 2.25. The smallest absolute Gasteiger partial charge is 0.331 e. The molecule has 0 saturated heterocycles. The summed E-state index contributed by atoms with van der Waals surface area (Å²) in [5.74, 6) is 0.664. The molecule has 1 aromatic carbocycles. The highest BCUT2D eigenvalue weighted by molar-refractivity contribution is 7.16. The van der Waals surface area contributed by atoms with E-state index < -0.39 is 5.97 Å². The Morgan fingerprint density at radius 3 is 2.79 bits per heavy atom. The van der Waals surface area contributed by atoms with Crippen LogP contribution in [0.3, 0.4) is 0 Å². The fourth-order valence-electron chi connectivity index (χ4n) is 2.42. The average Bonchev–Trinajstić information content (AvgIpc) is 3.14. The van der Waals surface area contributed by atoms with E-state index >= 15 is 0 Å². The topological polar surface area (TPSA) is 92.0 Å². The summed E-state index contributed by atoms with van der Waals surface area (Å²) in [5, 5.41) is 4.99. The first-order valence-electron chi connectivity index (χ1n) is 8.49. The van der Waals surface area contributed by atoms with Crippen molar-refractivity contribution in [3.05, 3.63) is 57.0 Å². The van der Waals surface area contributed by atoms with E-state index in [2.05, 4.69) is 10.1 Å². The fourth-order valence-corrected chi connectivity index (χ4v) is 3.28. The molecule has 0 amide bonds. The molecule has 28 heavy (non-hydrogen) atoms. The number of hydrogen-bond acceptors (Lipinski definition) is 8. The van der Waals surface area contributed by atoms with Crippen LogP contribution in [0.1, 0.15) is 23.2 Å². The largest absolute Gasteiger partial charge is 0.497 e. The summed E-state index contributed by atoms with van der Waals surface area (Å²) in [7, 11) is 3.10. The number of hydrogen-bond donors (Lipinski definition) is 0. The Bertz CT molecular complexity index is 1090. The summed E-state index contributed by atoms with van der Waals surface area (Å²) in [6.45, 7) is 1.85. The normalized spacial score (nSPS) is 11.1. The van der Waals surface area contributed by atoms with Crippen LogP contribution in [0.5, 0.6) is 11.5 Å². The summed E-state index contributed by atoms with van der Waals surface area (Å²) < 4.78 is 16.9. The van der Waals surface area contributed by atoms with Crippen LogP contribution in [0.15, 0.2) is 35.1 Å². The molecular formula is C19H19N3O5S. The molecule has 0 fully saturated rings. The van der Waals surface area contributed by atoms with Crippen molar-refractivity contribution in [1.82, 2.24) is 14.6 Å². The molecule has 8 nitrogen and oxygen atoms in total. The van der Waals surface area contributed by atoms with Crippen LogP contribution in [-0.2, 0) is 22.6 Å². The zero-order chi connectivity index (χ0) is 20.1. The van der Waals surface area contributed by atoms with Gasteiger partial charge in [-0.25, -0.2) is 9.78 Å². The molecule has 9 heteroatoms. The number of methoxy groups -OCH3 is 2. The zero-order valence-electron chi connectivity index (χ0n) is 15.7. The number of ether oxygens (including phenoxy) is 3. The molecule has 0 aliphatic carbocycles. The SMILES string of the molecule is CCc1nn2c(=O)cc(COC(=O)/C=C/c3ccc(OC)cc3OC)nc2s1. The van der Waals surface area contributed by atoms with Crippen molar-refractivity contribution in [2.24, 2.45) is 0 Å². The Hall–Kier alpha value is -3.20. The van der Waals surface area contributed by atoms with Crippen LogP contribution in [0.25, 0.3) is 11.0 Å². The summed E-state index contributed by atoms with van der Waals surface area (Å²) >= 11 is 1.34. The molecule has 0 N–H and O–H groups in total. The van der Waals surface area contributed by atoms with Gasteiger partial charge in [-0.2, -0.15) is 9.61 Å². The lowest BCUT2D eigenvalue weighted by Crippen LogP contribution is -2.16. The minimum Gasteiger partial charge on any atom is -0.497 e. The number of nitrogens with zero attached hydrogens (tertiary/aromatic N) is 3. The third kappa shape index (κ3) is 4.37. The zero-order valence-corrected chi connectivity index (χ0v) is 16.5. The van der Waals surface area contributed by atoms with E-state index in [0.29, 0.717) is 27.7 Å². The van der Waals surface area contributed by atoms with Crippen molar-refractivity contribution in [2.75, 3.05) is 14.2 Å². The second-order valence-electron chi connectivity index (χ2n) is 5.68. The van der Waals surface area contributed by atoms with Crippen molar-refractivity contribution in [2.45, 2.75) is 20.0 Å². The van der Waals surface area contributed by atoms with Crippen molar-refractivity contribution < 1.29 is 19.0 Å². The lowest BCUT2D eigenvalue weighted by Gasteiger charge is -2.07. The summed E-state index contributed by atoms with van der Waals surface area (Å²) in [6, 6.07) is 6.57. The van der Waals surface area contributed by atoms with Gasteiger partial charge in [-0.05, 0) is 24.6 Å². The Morgan fingerprint density at radius 1 is 1.25 bits per heavy atom. The van der Waals surface area contributed by atoms with Crippen molar-refractivity contribution in [1.29, 1.82) is 0 Å². The Balaban J connectivity index is 1.68. The number of carbonyl (C=O) groups excluding carboxylic acids is 1. The minimum absolute atomic E-state index is 0.103. The van der Waals surface area contributed by atoms with Crippen molar-refractivity contribution in [3.63, 3.8) is 0 Å². The first-order chi connectivity index (χ1) is 13.5. The molecule has 0 spiro atoms. The van der Waals surface area contributed by atoms with Gasteiger partial charge in [-0.15, -0.1) is 0 Å². The molecule has 2 heterocycles. The van der Waals surface area contributed by atoms with E-state index in [1.165, 1.54) is 35.1 Å². The van der Waals surface area contributed by atoms with Crippen LogP contribution in [0, 0.1) is 0 Å². The number of fused-ring (bicyclic) bond motifs is 1. The number of aromatic nitrogens is 3. The van der Waals surface area contributed by atoms with Gasteiger partial charge in [0.1, 0.15) is 23.1 Å². The van der Waals surface area contributed by atoms with Gasteiger partial charge in [0.2, 0.25) is 4.96 Å². The van der Waals surface area contributed by atoms with Crippen molar-refractivity contribution >= 4 is 28.3 Å². The maximum absolute atomic E-state index is 12.1. The lowest BCUT2D eigenvalue weighted by atomic mass is 10.2. The van der Waals surface area contributed by atoms with E-state index in [9.17, 15) is 9.59 Å². The average molecular weight is 401 g/mol. The highest BCUT2D eigenvalue weighted by atomic mass is 32.1. The predicted octanol–water partition coefficient (Wildman–Crippen LogP) is 2.49. The molecule has 3 rings (SSSR count). The van der Waals surface area contributed by atoms with Gasteiger partial charge >= 0.3 is 5.97 Å². The Labute approximate surface area is 165 Å². The lowest BCUT2D eigenvalue weighted by molar-refractivity contribution is -0.139. The minimum atomic E-state index is -0.557. The number of rotatable bonds is 7. The van der Waals surface area contributed by atoms with E-state index in [-0.39, 0.29) is 12.2 Å². The molecule has 0 unspecified atom stereocenters. The highest BCUT2D eigenvalue weighted by Gasteiger charge is 2.09. The second-order valence-corrected chi connectivity index (χ2v) is 6.72. The Kier molecular flexibility index (Phi) is 6.05. The molecule has 0 atom stereocenters. The fraction of sp³-hybridized carbons (Fsp3) is 0.263. The predicted molar refractivity (Wildman–Crippen MR) is 105 cm³/mol. The number of esters is 1. The quantitative estimate of drug-likeness (QED) is 0.444.